The van der Waals surface area contributed by atoms with Crippen LogP contribution in [0.3, 0.4) is 0 Å². The number of carbonyl (C=O) groups is 1. The Balaban J connectivity index is 1.41. The first kappa shape index (κ1) is 22.4. The molecule has 164 valence electrons. The highest BCUT2D eigenvalue weighted by atomic mass is 127. The Bertz CT molecular complexity index is 1250. The third-order valence-corrected chi connectivity index (χ3v) is 5.88. The van der Waals surface area contributed by atoms with Gasteiger partial charge in [-0.3, -0.25) is 9.48 Å². The number of amides is 1. The number of halogens is 2. The lowest BCUT2D eigenvalue weighted by Crippen LogP contribution is -2.12. The van der Waals surface area contributed by atoms with Crippen molar-refractivity contribution < 1.29 is 13.9 Å². The van der Waals surface area contributed by atoms with Crippen molar-refractivity contribution in [3.63, 3.8) is 0 Å². The SMILES string of the molecule is Cc1nn(Cc2cccc(Cl)c2)c(C)c1NC(=O)c1ccc(COc2ccc(I)cc2)o1. The Labute approximate surface area is 204 Å². The lowest BCUT2D eigenvalue weighted by Gasteiger charge is -2.07. The van der Waals surface area contributed by atoms with Crippen LogP contribution in [0.5, 0.6) is 5.75 Å². The highest BCUT2D eigenvalue weighted by molar-refractivity contribution is 14.1. The Morgan fingerprint density at radius 2 is 1.94 bits per heavy atom. The topological polar surface area (TPSA) is 69.3 Å². The number of nitrogens with zero attached hydrogens (tertiary/aromatic N) is 2. The fourth-order valence-corrected chi connectivity index (χ4v) is 3.85. The van der Waals surface area contributed by atoms with Crippen molar-refractivity contribution in [1.29, 1.82) is 0 Å². The first-order valence-corrected chi connectivity index (χ1v) is 11.4. The zero-order valence-corrected chi connectivity index (χ0v) is 20.5. The summed E-state index contributed by atoms with van der Waals surface area (Å²) in [6.45, 7) is 4.58. The number of aromatic nitrogens is 2. The molecule has 0 radical (unpaired) electrons. The Morgan fingerprint density at radius 1 is 1.16 bits per heavy atom. The molecule has 0 aliphatic carbocycles. The van der Waals surface area contributed by atoms with Crippen molar-refractivity contribution in [2.45, 2.75) is 27.0 Å². The molecule has 4 aromatic rings. The first-order chi connectivity index (χ1) is 15.4. The highest BCUT2D eigenvalue weighted by Gasteiger charge is 2.18. The van der Waals surface area contributed by atoms with Crippen LogP contribution in [0, 0.1) is 17.4 Å². The molecule has 1 amide bonds. The number of anilines is 1. The van der Waals surface area contributed by atoms with E-state index in [4.69, 9.17) is 20.8 Å². The standard InChI is InChI=1S/C24H21ClIN3O3/c1-15-23(16(2)29(28-15)13-17-4-3-5-18(25)12-17)27-24(30)22-11-10-21(32-22)14-31-20-8-6-19(26)7-9-20/h3-12H,13-14H2,1-2H3,(H,27,30). The van der Waals surface area contributed by atoms with Crippen LogP contribution in [0.1, 0.15) is 33.3 Å². The summed E-state index contributed by atoms with van der Waals surface area (Å²) in [6.07, 6.45) is 0. The normalized spacial score (nSPS) is 10.9. The minimum Gasteiger partial charge on any atom is -0.486 e. The molecular formula is C24H21ClIN3O3. The van der Waals surface area contributed by atoms with Crippen LogP contribution in [0.2, 0.25) is 5.02 Å². The molecule has 6 nitrogen and oxygen atoms in total. The van der Waals surface area contributed by atoms with E-state index in [1.165, 1.54) is 0 Å². The Hall–Kier alpha value is -2.78. The summed E-state index contributed by atoms with van der Waals surface area (Å²) in [5, 5.41) is 8.16. The number of rotatable bonds is 7. The van der Waals surface area contributed by atoms with Crippen LogP contribution in [0.25, 0.3) is 0 Å². The molecular weight excluding hydrogens is 541 g/mol. The molecule has 0 bridgehead atoms. The molecule has 2 aromatic carbocycles. The van der Waals surface area contributed by atoms with Crippen molar-refractivity contribution in [3.05, 3.63) is 97.7 Å². The van der Waals surface area contributed by atoms with Gasteiger partial charge in [-0.15, -0.1) is 0 Å². The van der Waals surface area contributed by atoms with E-state index < -0.39 is 0 Å². The van der Waals surface area contributed by atoms with Gasteiger partial charge in [0.15, 0.2) is 5.76 Å². The maximum absolute atomic E-state index is 12.8. The van der Waals surface area contributed by atoms with Gasteiger partial charge in [0, 0.05) is 8.59 Å². The number of benzene rings is 2. The number of hydrogen-bond acceptors (Lipinski definition) is 4. The van der Waals surface area contributed by atoms with Crippen molar-refractivity contribution in [2.75, 3.05) is 5.32 Å². The fraction of sp³-hybridized carbons (Fsp3) is 0.167. The molecule has 0 saturated carbocycles. The van der Waals surface area contributed by atoms with Crippen LogP contribution in [-0.2, 0) is 13.2 Å². The first-order valence-electron chi connectivity index (χ1n) is 9.96. The summed E-state index contributed by atoms with van der Waals surface area (Å²) >= 11 is 8.32. The van der Waals surface area contributed by atoms with Crippen molar-refractivity contribution >= 4 is 45.8 Å². The molecule has 0 aliphatic rings. The molecule has 0 saturated heterocycles. The summed E-state index contributed by atoms with van der Waals surface area (Å²) < 4.78 is 14.4. The third kappa shape index (κ3) is 5.34. The zero-order valence-electron chi connectivity index (χ0n) is 17.6. The maximum Gasteiger partial charge on any atom is 0.291 e. The second-order valence-corrected chi connectivity index (χ2v) is 8.98. The van der Waals surface area contributed by atoms with Gasteiger partial charge in [-0.1, -0.05) is 23.7 Å². The third-order valence-electron chi connectivity index (χ3n) is 4.92. The number of furan rings is 1. The minimum absolute atomic E-state index is 0.215. The maximum atomic E-state index is 12.8. The molecule has 1 N–H and O–H groups in total. The van der Waals surface area contributed by atoms with Gasteiger partial charge >= 0.3 is 0 Å². The largest absolute Gasteiger partial charge is 0.486 e. The number of carbonyl (C=O) groups excluding carboxylic acids is 1. The summed E-state index contributed by atoms with van der Waals surface area (Å²) in [4.78, 5) is 12.8. The van der Waals surface area contributed by atoms with Crippen molar-refractivity contribution in [2.24, 2.45) is 0 Å². The molecule has 32 heavy (non-hydrogen) atoms. The van der Waals surface area contributed by atoms with Gasteiger partial charge < -0.3 is 14.5 Å². The zero-order chi connectivity index (χ0) is 22.7. The summed E-state index contributed by atoms with van der Waals surface area (Å²) in [6, 6.07) is 18.7. The van der Waals surface area contributed by atoms with Gasteiger partial charge in [0.05, 0.1) is 23.6 Å². The predicted molar refractivity (Wildman–Crippen MR) is 132 cm³/mol. The number of ether oxygens (including phenoxy) is 1. The molecule has 0 fully saturated rings. The molecule has 0 atom stereocenters. The molecule has 2 aromatic heterocycles. The molecule has 8 heteroatoms. The smallest absolute Gasteiger partial charge is 0.291 e. The van der Waals surface area contributed by atoms with Gasteiger partial charge in [-0.2, -0.15) is 5.10 Å². The number of nitrogens with one attached hydrogen (secondary N) is 1. The average molecular weight is 562 g/mol. The quantitative estimate of drug-likeness (QED) is 0.272. The van der Waals surface area contributed by atoms with Crippen LogP contribution in [-0.4, -0.2) is 15.7 Å². The van der Waals surface area contributed by atoms with E-state index >= 15 is 0 Å². The number of aryl methyl sites for hydroxylation is 1. The summed E-state index contributed by atoms with van der Waals surface area (Å²) in [5.74, 6) is 1.19. The van der Waals surface area contributed by atoms with E-state index in [-0.39, 0.29) is 18.3 Å². The summed E-state index contributed by atoms with van der Waals surface area (Å²) in [7, 11) is 0. The second-order valence-electron chi connectivity index (χ2n) is 7.30. The van der Waals surface area contributed by atoms with E-state index in [2.05, 4.69) is 33.0 Å². The lowest BCUT2D eigenvalue weighted by atomic mass is 10.2. The highest BCUT2D eigenvalue weighted by Crippen LogP contribution is 2.23. The van der Waals surface area contributed by atoms with Gasteiger partial charge in [0.25, 0.3) is 5.91 Å². The lowest BCUT2D eigenvalue weighted by molar-refractivity contribution is 0.0992. The van der Waals surface area contributed by atoms with Crippen LogP contribution < -0.4 is 10.1 Å². The van der Waals surface area contributed by atoms with Gasteiger partial charge in [-0.25, -0.2) is 0 Å². The fourth-order valence-electron chi connectivity index (χ4n) is 3.28. The van der Waals surface area contributed by atoms with Crippen LogP contribution >= 0.6 is 34.2 Å². The molecule has 0 spiro atoms. The van der Waals surface area contributed by atoms with Crippen LogP contribution in [0.4, 0.5) is 5.69 Å². The van der Waals surface area contributed by atoms with Gasteiger partial charge in [0.1, 0.15) is 18.1 Å². The van der Waals surface area contributed by atoms with E-state index in [0.717, 1.165) is 26.3 Å². The van der Waals surface area contributed by atoms with E-state index in [1.807, 2.05) is 67.1 Å². The van der Waals surface area contributed by atoms with Crippen molar-refractivity contribution in [1.82, 2.24) is 9.78 Å². The minimum atomic E-state index is -0.334. The second kappa shape index (κ2) is 9.79. The van der Waals surface area contributed by atoms with Gasteiger partial charge in [0.2, 0.25) is 0 Å². The molecule has 4 rings (SSSR count). The monoisotopic (exact) mass is 561 g/mol. The Morgan fingerprint density at radius 3 is 2.69 bits per heavy atom. The van der Waals surface area contributed by atoms with Gasteiger partial charge in [-0.05, 0) is 90.5 Å². The average Bonchev–Trinajstić information content (AvgIpc) is 3.34. The number of hydrogen-bond donors (Lipinski definition) is 1. The van der Waals surface area contributed by atoms with E-state index in [0.29, 0.717) is 23.0 Å². The van der Waals surface area contributed by atoms with Crippen molar-refractivity contribution in [3.8, 4) is 5.75 Å². The predicted octanol–water partition coefficient (Wildman–Crippen LogP) is 6.23. The molecule has 2 heterocycles. The van der Waals surface area contributed by atoms with E-state index in [1.54, 1.807) is 12.1 Å². The summed E-state index contributed by atoms with van der Waals surface area (Å²) in [5.41, 5.74) is 3.28. The Kier molecular flexibility index (Phi) is 6.86. The molecule has 0 unspecified atom stereocenters. The molecule has 0 aliphatic heterocycles. The van der Waals surface area contributed by atoms with E-state index in [9.17, 15) is 4.79 Å². The van der Waals surface area contributed by atoms with Crippen LogP contribution in [0.15, 0.2) is 65.1 Å².